The van der Waals surface area contributed by atoms with Gasteiger partial charge in [0, 0.05) is 12.1 Å². The van der Waals surface area contributed by atoms with Crippen LogP contribution >= 0.6 is 0 Å². The summed E-state index contributed by atoms with van der Waals surface area (Å²) in [5.41, 5.74) is 7.37. The molecule has 96 valence electrons. The molecule has 2 N–H and O–H groups in total. The Morgan fingerprint density at radius 2 is 2.17 bits per heavy atom. The van der Waals surface area contributed by atoms with Gasteiger partial charge < -0.3 is 15.2 Å². The molecule has 1 aromatic rings. The molecule has 0 aliphatic rings. The normalized spacial score (nSPS) is 9.67. The lowest BCUT2D eigenvalue weighted by Crippen LogP contribution is -2.10. The zero-order chi connectivity index (χ0) is 13.5. The van der Waals surface area contributed by atoms with E-state index in [0.717, 1.165) is 5.56 Å². The number of hydrogen-bond acceptors (Lipinski definition) is 5. The summed E-state index contributed by atoms with van der Waals surface area (Å²) in [6.07, 6.45) is 0.0632. The molecule has 0 spiro atoms. The largest absolute Gasteiger partial charge is 0.496 e. The fourth-order valence-electron chi connectivity index (χ4n) is 1.64. The Kier molecular flexibility index (Phi) is 5.15. The Morgan fingerprint density at radius 3 is 2.67 bits per heavy atom. The van der Waals surface area contributed by atoms with Crippen molar-refractivity contribution >= 4 is 5.97 Å². The van der Waals surface area contributed by atoms with Gasteiger partial charge in [-0.05, 0) is 24.6 Å². The predicted molar refractivity (Wildman–Crippen MR) is 65.9 cm³/mol. The Balaban J connectivity index is 3.10. The van der Waals surface area contributed by atoms with Crippen molar-refractivity contribution in [2.24, 2.45) is 5.73 Å². The number of nitriles is 1. The Hall–Kier alpha value is -2.06. The van der Waals surface area contributed by atoms with Crippen LogP contribution in [-0.4, -0.2) is 19.7 Å². The molecule has 0 heterocycles. The number of esters is 1. The van der Waals surface area contributed by atoms with Crippen molar-refractivity contribution in [3.63, 3.8) is 0 Å². The van der Waals surface area contributed by atoms with Crippen LogP contribution in [0, 0.1) is 11.3 Å². The second-order valence-corrected chi connectivity index (χ2v) is 3.62. The SMILES string of the molecule is CCOC(=O)Cc1cc(CN)c(OC)cc1C#N. The quantitative estimate of drug-likeness (QED) is 0.789. The molecule has 0 saturated heterocycles. The maximum Gasteiger partial charge on any atom is 0.310 e. The monoisotopic (exact) mass is 248 g/mol. The highest BCUT2D eigenvalue weighted by molar-refractivity contribution is 5.74. The molecule has 0 fully saturated rings. The van der Waals surface area contributed by atoms with Crippen molar-refractivity contribution in [1.82, 2.24) is 0 Å². The van der Waals surface area contributed by atoms with Crippen LogP contribution in [0.4, 0.5) is 0 Å². The summed E-state index contributed by atoms with van der Waals surface area (Å²) in [6.45, 7) is 2.34. The van der Waals surface area contributed by atoms with Gasteiger partial charge >= 0.3 is 5.97 Å². The Labute approximate surface area is 106 Å². The molecule has 0 aromatic heterocycles. The van der Waals surface area contributed by atoms with Crippen LogP contribution in [0.2, 0.25) is 0 Å². The summed E-state index contributed by atoms with van der Waals surface area (Å²) < 4.78 is 10.0. The molecule has 0 bridgehead atoms. The highest BCUT2D eigenvalue weighted by atomic mass is 16.5. The van der Waals surface area contributed by atoms with Gasteiger partial charge in [0.2, 0.25) is 0 Å². The van der Waals surface area contributed by atoms with Gasteiger partial charge in [-0.1, -0.05) is 0 Å². The van der Waals surface area contributed by atoms with E-state index in [1.54, 1.807) is 19.1 Å². The van der Waals surface area contributed by atoms with Gasteiger partial charge in [-0.15, -0.1) is 0 Å². The molecule has 0 atom stereocenters. The topological polar surface area (TPSA) is 85.3 Å². The second-order valence-electron chi connectivity index (χ2n) is 3.62. The van der Waals surface area contributed by atoms with E-state index in [9.17, 15) is 4.79 Å². The zero-order valence-corrected chi connectivity index (χ0v) is 10.5. The van der Waals surface area contributed by atoms with Crippen molar-refractivity contribution in [2.45, 2.75) is 19.9 Å². The summed E-state index contributed by atoms with van der Waals surface area (Å²) in [4.78, 5) is 11.4. The average molecular weight is 248 g/mol. The van der Waals surface area contributed by atoms with Crippen molar-refractivity contribution in [3.8, 4) is 11.8 Å². The van der Waals surface area contributed by atoms with E-state index < -0.39 is 0 Å². The van der Waals surface area contributed by atoms with Crippen LogP contribution in [0.5, 0.6) is 5.75 Å². The first-order valence-corrected chi connectivity index (χ1v) is 5.61. The second kappa shape index (κ2) is 6.62. The summed E-state index contributed by atoms with van der Waals surface area (Å²) in [7, 11) is 1.51. The molecular formula is C13H16N2O3. The van der Waals surface area contributed by atoms with Gasteiger partial charge in [0.15, 0.2) is 0 Å². The minimum absolute atomic E-state index is 0.0632. The zero-order valence-electron chi connectivity index (χ0n) is 10.5. The molecule has 1 rings (SSSR count). The molecule has 0 amide bonds. The first-order valence-electron chi connectivity index (χ1n) is 5.61. The molecule has 5 nitrogen and oxygen atoms in total. The number of nitrogens with two attached hydrogens (primary N) is 1. The lowest BCUT2D eigenvalue weighted by molar-refractivity contribution is -0.142. The van der Waals surface area contributed by atoms with Crippen LogP contribution in [0.1, 0.15) is 23.6 Å². The van der Waals surface area contributed by atoms with Crippen molar-refractivity contribution in [2.75, 3.05) is 13.7 Å². The number of ether oxygens (including phenoxy) is 2. The Bertz CT molecular complexity index is 478. The molecular weight excluding hydrogens is 232 g/mol. The third kappa shape index (κ3) is 3.22. The van der Waals surface area contributed by atoms with Gasteiger partial charge in [-0.2, -0.15) is 5.26 Å². The smallest absolute Gasteiger partial charge is 0.310 e. The number of methoxy groups -OCH3 is 1. The highest BCUT2D eigenvalue weighted by Gasteiger charge is 2.13. The van der Waals surface area contributed by atoms with Crippen LogP contribution in [0.25, 0.3) is 0 Å². The van der Waals surface area contributed by atoms with Crippen LogP contribution in [-0.2, 0) is 22.5 Å². The van der Waals surface area contributed by atoms with E-state index in [2.05, 4.69) is 0 Å². The van der Waals surface area contributed by atoms with Crippen molar-refractivity contribution in [1.29, 1.82) is 5.26 Å². The molecule has 0 aliphatic carbocycles. The molecule has 0 saturated carbocycles. The number of carbonyl (C=O) groups excluding carboxylic acids is 1. The van der Waals surface area contributed by atoms with Crippen LogP contribution in [0.15, 0.2) is 12.1 Å². The molecule has 18 heavy (non-hydrogen) atoms. The highest BCUT2D eigenvalue weighted by Crippen LogP contribution is 2.23. The maximum atomic E-state index is 11.4. The molecule has 0 radical (unpaired) electrons. The first kappa shape index (κ1) is 14.0. The van der Waals surface area contributed by atoms with E-state index in [1.807, 2.05) is 6.07 Å². The summed E-state index contributed by atoms with van der Waals surface area (Å²) in [6, 6.07) is 5.35. The van der Waals surface area contributed by atoms with Crippen LogP contribution in [0.3, 0.4) is 0 Å². The summed E-state index contributed by atoms with van der Waals surface area (Å²) >= 11 is 0. The van der Waals surface area contributed by atoms with E-state index in [4.69, 9.17) is 20.5 Å². The van der Waals surface area contributed by atoms with Crippen molar-refractivity contribution < 1.29 is 14.3 Å². The van der Waals surface area contributed by atoms with E-state index in [0.29, 0.717) is 23.5 Å². The number of rotatable bonds is 5. The predicted octanol–water partition coefficient (Wildman–Crippen LogP) is 1.13. The van der Waals surface area contributed by atoms with E-state index >= 15 is 0 Å². The van der Waals surface area contributed by atoms with Gasteiger partial charge in [0.1, 0.15) is 5.75 Å². The third-order valence-corrected chi connectivity index (χ3v) is 2.49. The van der Waals surface area contributed by atoms with E-state index in [-0.39, 0.29) is 18.9 Å². The van der Waals surface area contributed by atoms with Gasteiger partial charge in [0.05, 0.1) is 31.8 Å². The van der Waals surface area contributed by atoms with Gasteiger partial charge in [-0.25, -0.2) is 0 Å². The summed E-state index contributed by atoms with van der Waals surface area (Å²) in [5.74, 6) is 0.198. The van der Waals surface area contributed by atoms with Crippen LogP contribution < -0.4 is 10.5 Å². The maximum absolute atomic E-state index is 11.4. The van der Waals surface area contributed by atoms with Gasteiger partial charge in [-0.3, -0.25) is 4.79 Å². The molecule has 0 unspecified atom stereocenters. The fraction of sp³-hybridized carbons (Fsp3) is 0.385. The minimum atomic E-state index is -0.359. The summed E-state index contributed by atoms with van der Waals surface area (Å²) in [5, 5.41) is 9.06. The Morgan fingerprint density at radius 1 is 1.44 bits per heavy atom. The lowest BCUT2D eigenvalue weighted by Gasteiger charge is -2.11. The fourth-order valence-corrected chi connectivity index (χ4v) is 1.64. The first-order chi connectivity index (χ1) is 8.65. The minimum Gasteiger partial charge on any atom is -0.496 e. The average Bonchev–Trinajstić information content (AvgIpc) is 2.38. The number of hydrogen-bond donors (Lipinski definition) is 1. The van der Waals surface area contributed by atoms with Crippen molar-refractivity contribution in [3.05, 3.63) is 28.8 Å². The molecule has 0 aliphatic heterocycles. The van der Waals surface area contributed by atoms with E-state index in [1.165, 1.54) is 7.11 Å². The number of benzene rings is 1. The van der Waals surface area contributed by atoms with Gasteiger partial charge in [0.25, 0.3) is 0 Å². The number of carbonyl (C=O) groups is 1. The molecule has 1 aromatic carbocycles. The third-order valence-electron chi connectivity index (χ3n) is 2.49. The number of nitrogens with zero attached hydrogens (tertiary/aromatic N) is 1. The standard InChI is InChI=1S/C13H16N2O3/c1-3-18-13(16)6-9-4-11(8-15)12(17-2)5-10(9)7-14/h4-5H,3,6,8,15H2,1-2H3. The lowest BCUT2D eigenvalue weighted by atomic mass is 10.0. The molecule has 5 heteroatoms.